The highest BCUT2D eigenvalue weighted by molar-refractivity contribution is 5.80. The van der Waals surface area contributed by atoms with Crippen LogP contribution in [0.15, 0.2) is 29.5 Å². The fourth-order valence-electron chi connectivity index (χ4n) is 1.72. The van der Waals surface area contributed by atoms with Crippen LogP contribution >= 0.6 is 0 Å². The van der Waals surface area contributed by atoms with Gasteiger partial charge in [0.25, 0.3) is 0 Å². The van der Waals surface area contributed by atoms with Gasteiger partial charge in [0.2, 0.25) is 5.91 Å². The van der Waals surface area contributed by atoms with E-state index in [9.17, 15) is 4.79 Å². The van der Waals surface area contributed by atoms with Crippen LogP contribution in [0.3, 0.4) is 0 Å². The van der Waals surface area contributed by atoms with Gasteiger partial charge >= 0.3 is 0 Å². The summed E-state index contributed by atoms with van der Waals surface area (Å²) in [6.07, 6.45) is 4.07. The molecule has 0 aliphatic heterocycles. The van der Waals surface area contributed by atoms with Crippen LogP contribution in [-0.4, -0.2) is 42.6 Å². The number of aliphatic imine (C=N–C) groups is 1. The van der Waals surface area contributed by atoms with E-state index in [4.69, 9.17) is 0 Å². The number of amides is 1. The van der Waals surface area contributed by atoms with Crippen molar-refractivity contribution >= 4 is 11.9 Å². The first-order valence-electron chi connectivity index (χ1n) is 7.54. The van der Waals surface area contributed by atoms with Crippen molar-refractivity contribution in [2.45, 2.75) is 27.3 Å². The Hall–Kier alpha value is -1.98. The summed E-state index contributed by atoms with van der Waals surface area (Å²) in [5, 5.41) is 9.32. The Morgan fingerprint density at radius 2 is 1.86 bits per heavy atom. The number of carbonyl (C=O) groups is 1. The van der Waals surface area contributed by atoms with Gasteiger partial charge in [0, 0.05) is 44.5 Å². The molecule has 21 heavy (non-hydrogen) atoms. The minimum absolute atomic E-state index is 0.0157. The van der Waals surface area contributed by atoms with Crippen molar-refractivity contribution in [3.8, 4) is 0 Å². The van der Waals surface area contributed by atoms with Crippen molar-refractivity contribution in [2.24, 2.45) is 10.9 Å². The molecule has 0 spiro atoms. The van der Waals surface area contributed by atoms with Crippen LogP contribution < -0.4 is 16.0 Å². The average Bonchev–Trinajstić information content (AvgIpc) is 2.96. The maximum absolute atomic E-state index is 11.4. The molecule has 0 aliphatic rings. The topological polar surface area (TPSA) is 70.4 Å². The maximum atomic E-state index is 11.4. The fraction of sp³-hybridized carbons (Fsp3) is 0.600. The highest BCUT2D eigenvalue weighted by Gasteiger charge is 2.04. The summed E-state index contributed by atoms with van der Waals surface area (Å²) in [5.41, 5.74) is 0. The van der Waals surface area contributed by atoms with Crippen LogP contribution in [0.5, 0.6) is 0 Å². The predicted octanol–water partition coefficient (Wildman–Crippen LogP) is 0.815. The predicted molar refractivity (Wildman–Crippen MR) is 86.3 cm³/mol. The molecule has 1 aromatic rings. The van der Waals surface area contributed by atoms with Gasteiger partial charge in [0.1, 0.15) is 0 Å². The summed E-state index contributed by atoms with van der Waals surface area (Å²) in [6, 6.07) is 4.02. The Labute approximate surface area is 127 Å². The normalized spacial score (nSPS) is 11.5. The zero-order chi connectivity index (χ0) is 15.5. The lowest BCUT2D eigenvalue weighted by atomic mass is 10.2. The molecule has 0 bridgehead atoms. The standard InChI is InChI=1S/C15H27N5O/c1-4-16-15(18-8-7-17-14(21)13(2)3)19-9-12-20-10-5-6-11-20/h5-6,10-11,13H,4,7-9,12H2,1-3H3,(H,17,21)(H2,16,18,19). The first kappa shape index (κ1) is 17.1. The second-order valence-electron chi connectivity index (χ2n) is 5.05. The summed E-state index contributed by atoms with van der Waals surface area (Å²) in [4.78, 5) is 15.9. The molecule has 3 N–H and O–H groups in total. The molecule has 1 rings (SSSR count). The molecule has 0 saturated carbocycles. The van der Waals surface area contributed by atoms with Gasteiger partial charge in [-0.2, -0.15) is 0 Å². The van der Waals surface area contributed by atoms with Crippen LogP contribution in [0.1, 0.15) is 20.8 Å². The van der Waals surface area contributed by atoms with Crippen LogP contribution in [-0.2, 0) is 11.3 Å². The Balaban J connectivity index is 2.27. The maximum Gasteiger partial charge on any atom is 0.222 e. The molecule has 0 fully saturated rings. The van der Waals surface area contributed by atoms with Crippen molar-refractivity contribution in [1.82, 2.24) is 20.5 Å². The number of carbonyl (C=O) groups excluding carboxylic acids is 1. The molecule has 6 nitrogen and oxygen atoms in total. The SMILES string of the molecule is CCNC(=NCCNC(=O)C(C)C)NCCn1cccc1. The second-order valence-corrected chi connectivity index (χ2v) is 5.05. The van der Waals surface area contributed by atoms with Gasteiger partial charge in [-0.05, 0) is 19.1 Å². The van der Waals surface area contributed by atoms with E-state index < -0.39 is 0 Å². The third-order valence-corrected chi connectivity index (χ3v) is 2.88. The smallest absolute Gasteiger partial charge is 0.222 e. The van der Waals surface area contributed by atoms with E-state index in [1.807, 2.05) is 45.3 Å². The molecule has 1 aromatic heterocycles. The molecular weight excluding hydrogens is 266 g/mol. The zero-order valence-electron chi connectivity index (χ0n) is 13.2. The Morgan fingerprint density at radius 3 is 2.48 bits per heavy atom. The van der Waals surface area contributed by atoms with Crippen molar-refractivity contribution in [3.63, 3.8) is 0 Å². The zero-order valence-corrected chi connectivity index (χ0v) is 13.2. The molecule has 0 atom stereocenters. The van der Waals surface area contributed by atoms with Gasteiger partial charge in [-0.15, -0.1) is 0 Å². The van der Waals surface area contributed by atoms with Crippen LogP contribution in [0.4, 0.5) is 0 Å². The first-order chi connectivity index (χ1) is 10.1. The van der Waals surface area contributed by atoms with Gasteiger partial charge in [-0.3, -0.25) is 9.79 Å². The lowest BCUT2D eigenvalue weighted by molar-refractivity contribution is -0.123. The molecule has 0 radical (unpaired) electrons. The minimum Gasteiger partial charge on any atom is -0.357 e. The summed E-state index contributed by atoms with van der Waals surface area (Å²) in [5.74, 6) is 0.862. The lowest BCUT2D eigenvalue weighted by Gasteiger charge is -2.12. The molecule has 0 unspecified atom stereocenters. The number of aromatic nitrogens is 1. The van der Waals surface area contributed by atoms with Crippen LogP contribution in [0.2, 0.25) is 0 Å². The average molecular weight is 293 g/mol. The van der Waals surface area contributed by atoms with E-state index in [1.54, 1.807) is 0 Å². The van der Waals surface area contributed by atoms with E-state index in [0.29, 0.717) is 13.1 Å². The lowest BCUT2D eigenvalue weighted by Crippen LogP contribution is -2.39. The number of nitrogens with one attached hydrogen (secondary N) is 3. The number of hydrogen-bond donors (Lipinski definition) is 3. The molecule has 6 heteroatoms. The van der Waals surface area contributed by atoms with E-state index >= 15 is 0 Å². The summed E-state index contributed by atoms with van der Waals surface area (Å²) in [7, 11) is 0. The highest BCUT2D eigenvalue weighted by atomic mass is 16.1. The molecule has 0 aromatic carbocycles. The van der Waals surface area contributed by atoms with E-state index in [-0.39, 0.29) is 11.8 Å². The molecular formula is C15H27N5O. The van der Waals surface area contributed by atoms with Crippen molar-refractivity contribution in [1.29, 1.82) is 0 Å². The molecule has 1 heterocycles. The third-order valence-electron chi connectivity index (χ3n) is 2.88. The van der Waals surface area contributed by atoms with Gasteiger partial charge in [-0.25, -0.2) is 0 Å². The van der Waals surface area contributed by atoms with Gasteiger partial charge in [0.05, 0.1) is 6.54 Å². The monoisotopic (exact) mass is 293 g/mol. The Bertz CT molecular complexity index is 425. The van der Waals surface area contributed by atoms with Gasteiger partial charge in [0.15, 0.2) is 5.96 Å². The summed E-state index contributed by atoms with van der Waals surface area (Å²) in [6.45, 7) is 9.43. The number of rotatable bonds is 8. The van der Waals surface area contributed by atoms with Crippen molar-refractivity contribution in [2.75, 3.05) is 26.2 Å². The molecule has 1 amide bonds. The molecule has 0 aliphatic carbocycles. The van der Waals surface area contributed by atoms with Gasteiger partial charge < -0.3 is 20.5 Å². The van der Waals surface area contributed by atoms with E-state index in [2.05, 4.69) is 25.5 Å². The largest absolute Gasteiger partial charge is 0.357 e. The summed E-state index contributed by atoms with van der Waals surface area (Å²) >= 11 is 0. The molecule has 0 saturated heterocycles. The Morgan fingerprint density at radius 1 is 1.14 bits per heavy atom. The van der Waals surface area contributed by atoms with Crippen LogP contribution in [0.25, 0.3) is 0 Å². The van der Waals surface area contributed by atoms with E-state index in [1.165, 1.54) is 0 Å². The van der Waals surface area contributed by atoms with Crippen LogP contribution in [0, 0.1) is 5.92 Å². The fourth-order valence-corrected chi connectivity index (χ4v) is 1.72. The third kappa shape index (κ3) is 7.39. The van der Waals surface area contributed by atoms with Crippen molar-refractivity contribution < 1.29 is 4.79 Å². The van der Waals surface area contributed by atoms with Gasteiger partial charge in [-0.1, -0.05) is 13.8 Å². The number of nitrogens with zero attached hydrogens (tertiary/aromatic N) is 2. The number of guanidine groups is 1. The summed E-state index contributed by atoms with van der Waals surface area (Å²) < 4.78 is 2.11. The second kappa shape index (κ2) is 9.85. The first-order valence-corrected chi connectivity index (χ1v) is 7.54. The number of hydrogen-bond acceptors (Lipinski definition) is 2. The van der Waals surface area contributed by atoms with E-state index in [0.717, 1.165) is 25.6 Å². The highest BCUT2D eigenvalue weighted by Crippen LogP contribution is 1.90. The molecule has 118 valence electrons. The quantitative estimate of drug-likeness (QED) is 0.377. The minimum atomic E-state index is 0.0157. The Kier molecular flexibility index (Phi) is 8.01. The van der Waals surface area contributed by atoms with Crippen molar-refractivity contribution in [3.05, 3.63) is 24.5 Å².